The van der Waals surface area contributed by atoms with Gasteiger partial charge in [0.1, 0.15) is 0 Å². The van der Waals surface area contributed by atoms with Gasteiger partial charge in [-0.15, -0.1) is 0 Å². The molecule has 1 N–H and O–H groups in total. The van der Waals surface area contributed by atoms with Gasteiger partial charge < -0.3 is 9.84 Å². The smallest absolute Gasteiger partial charge is 0.337 e. The average Bonchev–Trinajstić information content (AvgIpc) is 2.43. The van der Waals surface area contributed by atoms with Crippen molar-refractivity contribution < 1.29 is 19.4 Å². The molecule has 0 saturated heterocycles. The molecule has 5 heteroatoms. The lowest BCUT2D eigenvalue weighted by Crippen LogP contribution is -2.25. The number of carbonyl (C=O) groups excluding carboxylic acids is 1. The highest BCUT2D eigenvalue weighted by Gasteiger charge is 2.08. The third-order valence-corrected chi connectivity index (χ3v) is 2.87. The van der Waals surface area contributed by atoms with E-state index < -0.39 is 5.97 Å². The standard InChI is InChI=1S/C14H19NO4/c1-3-15(9-8-13(16)17)10-11-4-6-12(7-5-11)14(18)19-2/h4-7H,3,8-10H2,1-2H3,(H,16,17). The van der Waals surface area contributed by atoms with Gasteiger partial charge in [0, 0.05) is 13.1 Å². The summed E-state index contributed by atoms with van der Waals surface area (Å²) in [5.41, 5.74) is 1.56. The van der Waals surface area contributed by atoms with E-state index in [-0.39, 0.29) is 12.4 Å². The lowest BCUT2D eigenvalue weighted by molar-refractivity contribution is -0.137. The van der Waals surface area contributed by atoms with Gasteiger partial charge in [-0.25, -0.2) is 4.79 Å². The van der Waals surface area contributed by atoms with E-state index in [0.29, 0.717) is 18.7 Å². The molecule has 1 aromatic carbocycles. The van der Waals surface area contributed by atoms with Crippen LogP contribution in [0.15, 0.2) is 24.3 Å². The maximum absolute atomic E-state index is 11.3. The van der Waals surface area contributed by atoms with E-state index in [1.165, 1.54) is 7.11 Å². The minimum absolute atomic E-state index is 0.133. The highest BCUT2D eigenvalue weighted by Crippen LogP contribution is 2.09. The minimum Gasteiger partial charge on any atom is -0.481 e. The molecule has 0 atom stereocenters. The quantitative estimate of drug-likeness (QED) is 0.761. The summed E-state index contributed by atoms with van der Waals surface area (Å²) in [6, 6.07) is 7.14. The molecule has 5 nitrogen and oxygen atoms in total. The summed E-state index contributed by atoms with van der Waals surface area (Å²) in [6.45, 7) is 3.96. The highest BCUT2D eigenvalue weighted by atomic mass is 16.5. The average molecular weight is 265 g/mol. The van der Waals surface area contributed by atoms with Gasteiger partial charge >= 0.3 is 11.9 Å². The molecule has 0 saturated carbocycles. The van der Waals surface area contributed by atoms with Gasteiger partial charge in [0.25, 0.3) is 0 Å². The number of carboxylic acids is 1. The molecule has 0 fully saturated rings. The summed E-state index contributed by atoms with van der Waals surface area (Å²) in [6.07, 6.45) is 0.133. The first-order chi connectivity index (χ1) is 9.06. The summed E-state index contributed by atoms with van der Waals surface area (Å²) in [4.78, 5) is 23.9. The minimum atomic E-state index is -0.792. The fourth-order valence-electron chi connectivity index (χ4n) is 1.73. The van der Waals surface area contributed by atoms with Crippen molar-refractivity contribution in [1.82, 2.24) is 4.90 Å². The second-order valence-corrected chi connectivity index (χ2v) is 4.20. The van der Waals surface area contributed by atoms with Crippen LogP contribution in [-0.2, 0) is 16.1 Å². The molecule has 0 spiro atoms. The van der Waals surface area contributed by atoms with Gasteiger partial charge in [-0.2, -0.15) is 0 Å². The molecular weight excluding hydrogens is 246 g/mol. The summed E-state index contributed by atoms with van der Waals surface area (Å²) < 4.78 is 4.63. The molecule has 1 rings (SSSR count). The second kappa shape index (κ2) is 7.53. The molecular formula is C14H19NO4. The van der Waals surface area contributed by atoms with Crippen LogP contribution in [-0.4, -0.2) is 42.1 Å². The van der Waals surface area contributed by atoms with Crippen LogP contribution >= 0.6 is 0 Å². The van der Waals surface area contributed by atoms with E-state index in [9.17, 15) is 9.59 Å². The molecule has 0 amide bonds. The SMILES string of the molecule is CCN(CCC(=O)O)Cc1ccc(C(=O)OC)cc1. The lowest BCUT2D eigenvalue weighted by atomic mass is 10.1. The number of carbonyl (C=O) groups is 2. The first-order valence-electron chi connectivity index (χ1n) is 6.18. The molecule has 0 unspecified atom stereocenters. The van der Waals surface area contributed by atoms with Gasteiger partial charge in [0.05, 0.1) is 19.1 Å². The van der Waals surface area contributed by atoms with Crippen molar-refractivity contribution in [3.8, 4) is 0 Å². The first-order valence-corrected chi connectivity index (χ1v) is 6.18. The van der Waals surface area contributed by atoms with E-state index >= 15 is 0 Å². The molecule has 0 aliphatic rings. The zero-order chi connectivity index (χ0) is 14.3. The van der Waals surface area contributed by atoms with Gasteiger partial charge in [-0.3, -0.25) is 9.69 Å². The Morgan fingerprint density at radius 1 is 1.26 bits per heavy atom. The summed E-state index contributed by atoms with van der Waals surface area (Å²) in [5, 5.41) is 8.67. The van der Waals surface area contributed by atoms with Crippen molar-refractivity contribution in [1.29, 1.82) is 0 Å². The topological polar surface area (TPSA) is 66.8 Å². The van der Waals surface area contributed by atoms with Gasteiger partial charge in [-0.05, 0) is 24.2 Å². The monoisotopic (exact) mass is 265 g/mol. The van der Waals surface area contributed by atoms with Gasteiger partial charge in [0.15, 0.2) is 0 Å². The number of ether oxygens (including phenoxy) is 1. The number of carboxylic acid groups (broad SMARTS) is 1. The largest absolute Gasteiger partial charge is 0.481 e. The van der Waals surface area contributed by atoms with Crippen molar-refractivity contribution in [2.75, 3.05) is 20.2 Å². The third-order valence-electron chi connectivity index (χ3n) is 2.87. The Morgan fingerprint density at radius 2 is 1.89 bits per heavy atom. The number of nitrogens with zero attached hydrogens (tertiary/aromatic N) is 1. The van der Waals surface area contributed by atoms with Crippen LogP contribution in [0.3, 0.4) is 0 Å². The predicted octanol–water partition coefficient (Wildman–Crippen LogP) is 1.77. The maximum atomic E-state index is 11.3. The summed E-state index contributed by atoms with van der Waals surface area (Å²) in [5.74, 6) is -1.15. The predicted molar refractivity (Wildman–Crippen MR) is 71.0 cm³/mol. The summed E-state index contributed by atoms with van der Waals surface area (Å²) >= 11 is 0. The van der Waals surface area contributed by atoms with Crippen LogP contribution in [0.25, 0.3) is 0 Å². The van der Waals surface area contributed by atoms with Crippen molar-refractivity contribution in [2.24, 2.45) is 0 Å². The highest BCUT2D eigenvalue weighted by molar-refractivity contribution is 5.89. The number of rotatable bonds is 7. The Labute approximate surface area is 112 Å². The van der Waals surface area contributed by atoms with Crippen LogP contribution < -0.4 is 0 Å². The number of benzene rings is 1. The van der Waals surface area contributed by atoms with E-state index in [4.69, 9.17) is 5.11 Å². The fraction of sp³-hybridized carbons (Fsp3) is 0.429. The molecule has 0 radical (unpaired) electrons. The Kier molecular flexibility index (Phi) is 6.02. The molecule has 0 heterocycles. The van der Waals surface area contributed by atoms with Crippen molar-refractivity contribution in [3.63, 3.8) is 0 Å². The van der Waals surface area contributed by atoms with Crippen LogP contribution in [0.4, 0.5) is 0 Å². The molecule has 1 aromatic rings. The Hall–Kier alpha value is -1.88. The Balaban J connectivity index is 2.60. The second-order valence-electron chi connectivity index (χ2n) is 4.20. The number of hydrogen-bond donors (Lipinski definition) is 1. The van der Waals surface area contributed by atoms with E-state index in [0.717, 1.165) is 12.1 Å². The molecule has 0 aliphatic heterocycles. The number of methoxy groups -OCH3 is 1. The molecule has 0 bridgehead atoms. The van der Waals surface area contributed by atoms with Crippen molar-refractivity contribution in [3.05, 3.63) is 35.4 Å². The summed E-state index contributed by atoms with van der Waals surface area (Å²) in [7, 11) is 1.35. The first kappa shape index (κ1) is 15.2. The van der Waals surface area contributed by atoms with E-state index in [1.807, 2.05) is 24.0 Å². The van der Waals surface area contributed by atoms with E-state index in [1.54, 1.807) is 12.1 Å². The molecule has 0 aromatic heterocycles. The number of esters is 1. The Bertz CT molecular complexity index is 428. The van der Waals surface area contributed by atoms with Gasteiger partial charge in [0.2, 0.25) is 0 Å². The maximum Gasteiger partial charge on any atom is 0.337 e. The normalized spacial score (nSPS) is 10.5. The molecule has 19 heavy (non-hydrogen) atoms. The molecule has 0 aliphatic carbocycles. The Morgan fingerprint density at radius 3 is 2.37 bits per heavy atom. The third kappa shape index (κ3) is 5.09. The van der Waals surface area contributed by atoms with E-state index in [2.05, 4.69) is 4.74 Å². The fourth-order valence-corrected chi connectivity index (χ4v) is 1.73. The van der Waals surface area contributed by atoms with Crippen molar-refractivity contribution >= 4 is 11.9 Å². The lowest BCUT2D eigenvalue weighted by Gasteiger charge is -2.19. The van der Waals surface area contributed by atoms with Crippen LogP contribution in [0.1, 0.15) is 29.3 Å². The van der Waals surface area contributed by atoms with Crippen LogP contribution in [0.5, 0.6) is 0 Å². The van der Waals surface area contributed by atoms with Crippen LogP contribution in [0, 0.1) is 0 Å². The zero-order valence-corrected chi connectivity index (χ0v) is 11.3. The van der Waals surface area contributed by atoms with Gasteiger partial charge in [-0.1, -0.05) is 19.1 Å². The number of aliphatic carboxylic acids is 1. The molecule has 104 valence electrons. The number of hydrogen-bond acceptors (Lipinski definition) is 4. The van der Waals surface area contributed by atoms with Crippen molar-refractivity contribution in [2.45, 2.75) is 19.9 Å². The zero-order valence-electron chi connectivity index (χ0n) is 11.3. The van der Waals surface area contributed by atoms with Crippen LogP contribution in [0.2, 0.25) is 0 Å².